The van der Waals surface area contributed by atoms with E-state index in [9.17, 15) is 0 Å². The lowest BCUT2D eigenvalue weighted by atomic mass is 9.97. The molecular weight excluding hydrogens is 400 g/mol. The zero-order valence-electron chi connectivity index (χ0n) is 17.1. The first-order valence-corrected chi connectivity index (χ1v) is 10.6. The maximum Gasteiger partial charge on any atom is 0.170 e. The first-order chi connectivity index (χ1) is 13.9. The van der Waals surface area contributed by atoms with E-state index in [1.807, 2.05) is 30.5 Å². The lowest BCUT2D eigenvalue weighted by Crippen LogP contribution is -2.29. The van der Waals surface area contributed by atoms with Gasteiger partial charge >= 0.3 is 0 Å². The van der Waals surface area contributed by atoms with Crippen molar-refractivity contribution in [1.82, 2.24) is 19.8 Å². The third kappa shape index (κ3) is 3.43. The molecular formula is C23H25ClN4S. The Morgan fingerprint density at radius 1 is 1.14 bits per heavy atom. The van der Waals surface area contributed by atoms with E-state index in [1.54, 1.807) is 0 Å². The molecule has 0 spiro atoms. The molecule has 1 saturated heterocycles. The average molecular weight is 425 g/mol. The Morgan fingerprint density at radius 3 is 2.62 bits per heavy atom. The molecule has 150 valence electrons. The zero-order valence-corrected chi connectivity index (χ0v) is 18.7. The number of likely N-dealkylation sites (N-methyl/N-ethyl adjacent to an activating group) is 1. The highest BCUT2D eigenvalue weighted by atomic mass is 35.5. The Morgan fingerprint density at radius 2 is 1.93 bits per heavy atom. The van der Waals surface area contributed by atoms with Crippen LogP contribution in [0, 0.1) is 20.8 Å². The van der Waals surface area contributed by atoms with Gasteiger partial charge in [0, 0.05) is 34.8 Å². The lowest BCUT2D eigenvalue weighted by Gasteiger charge is -2.27. The topological polar surface area (TPSA) is 33.1 Å². The molecule has 3 heterocycles. The highest BCUT2D eigenvalue weighted by Gasteiger charge is 2.40. The standard InChI is InChI=1S/C23H25ClN4S/c1-5-27-22(21(26-23(27)29)19-8-6-7-11-25-19)18-12-15(3)28(16(18)4)20-13-17(24)10-9-14(20)2/h6-13,21-22H,5H2,1-4H3,(H,26,29)/t21-,22+/m1/s1. The number of nitrogens with one attached hydrogen (secondary N) is 1. The largest absolute Gasteiger partial charge is 0.352 e. The minimum absolute atomic E-state index is 0.0121. The van der Waals surface area contributed by atoms with Crippen molar-refractivity contribution in [3.63, 3.8) is 0 Å². The number of benzene rings is 1. The highest BCUT2D eigenvalue weighted by molar-refractivity contribution is 7.80. The molecule has 6 heteroatoms. The molecule has 0 aliphatic carbocycles. The summed E-state index contributed by atoms with van der Waals surface area (Å²) in [7, 11) is 0. The molecule has 0 unspecified atom stereocenters. The quantitative estimate of drug-likeness (QED) is 0.565. The van der Waals surface area contributed by atoms with Gasteiger partial charge in [0.15, 0.2) is 5.11 Å². The molecule has 1 aliphatic heterocycles. The Bertz CT molecular complexity index is 1060. The van der Waals surface area contributed by atoms with Crippen LogP contribution in [0.15, 0.2) is 48.7 Å². The normalized spacial score (nSPS) is 18.9. The van der Waals surface area contributed by atoms with Crippen LogP contribution >= 0.6 is 23.8 Å². The molecule has 29 heavy (non-hydrogen) atoms. The molecule has 1 aromatic carbocycles. The fourth-order valence-corrected chi connectivity index (χ4v) is 4.90. The van der Waals surface area contributed by atoms with Crippen molar-refractivity contribution in [2.45, 2.75) is 39.8 Å². The van der Waals surface area contributed by atoms with Crippen LogP contribution in [0.2, 0.25) is 5.02 Å². The molecule has 0 amide bonds. The SMILES string of the molecule is CCN1C(=S)N[C@H](c2ccccn2)[C@@H]1c1cc(C)n(-c2cc(Cl)ccc2C)c1C. The summed E-state index contributed by atoms with van der Waals surface area (Å²) in [5.74, 6) is 0. The Kier molecular flexibility index (Phi) is 5.36. The molecule has 3 aromatic rings. The smallest absolute Gasteiger partial charge is 0.170 e. The van der Waals surface area contributed by atoms with E-state index in [4.69, 9.17) is 23.8 Å². The Hall–Kier alpha value is -2.37. The summed E-state index contributed by atoms with van der Waals surface area (Å²) in [6, 6.07) is 14.4. The van der Waals surface area contributed by atoms with Crippen molar-refractivity contribution in [2.75, 3.05) is 6.54 Å². The molecule has 1 aliphatic rings. The maximum absolute atomic E-state index is 6.32. The zero-order chi connectivity index (χ0) is 20.7. The summed E-state index contributed by atoms with van der Waals surface area (Å²) in [5.41, 5.74) is 6.94. The maximum atomic E-state index is 6.32. The van der Waals surface area contributed by atoms with E-state index in [0.29, 0.717) is 0 Å². The van der Waals surface area contributed by atoms with Crippen molar-refractivity contribution < 1.29 is 0 Å². The van der Waals surface area contributed by atoms with E-state index in [2.05, 4.69) is 65.7 Å². The number of aryl methyl sites for hydroxylation is 2. The summed E-state index contributed by atoms with van der Waals surface area (Å²) < 4.78 is 2.29. The predicted molar refractivity (Wildman–Crippen MR) is 123 cm³/mol. The number of nitrogens with zero attached hydrogens (tertiary/aromatic N) is 3. The van der Waals surface area contributed by atoms with Crippen LogP contribution in [-0.4, -0.2) is 26.1 Å². The number of hydrogen-bond donors (Lipinski definition) is 1. The number of halogens is 1. The second kappa shape index (κ2) is 7.81. The molecule has 0 saturated carbocycles. The van der Waals surface area contributed by atoms with Gasteiger partial charge in [0.05, 0.1) is 17.8 Å². The lowest BCUT2D eigenvalue weighted by molar-refractivity contribution is 0.329. The van der Waals surface area contributed by atoms with Crippen molar-refractivity contribution >= 4 is 28.9 Å². The minimum atomic E-state index is 0.0121. The van der Waals surface area contributed by atoms with Gasteiger partial charge in [0.25, 0.3) is 0 Å². The van der Waals surface area contributed by atoms with Crippen LogP contribution in [-0.2, 0) is 0 Å². The Labute approximate surface area is 182 Å². The van der Waals surface area contributed by atoms with Crippen LogP contribution in [0.3, 0.4) is 0 Å². The van der Waals surface area contributed by atoms with Gasteiger partial charge in [0.2, 0.25) is 0 Å². The number of thiocarbonyl (C=S) groups is 1. The first kappa shape index (κ1) is 19.9. The van der Waals surface area contributed by atoms with Crippen molar-refractivity contribution in [3.05, 3.63) is 81.9 Å². The van der Waals surface area contributed by atoms with Gasteiger partial charge in [-0.1, -0.05) is 23.7 Å². The van der Waals surface area contributed by atoms with Crippen molar-refractivity contribution in [2.24, 2.45) is 0 Å². The third-order valence-electron chi connectivity index (χ3n) is 5.74. The summed E-state index contributed by atoms with van der Waals surface area (Å²) >= 11 is 12.0. The monoisotopic (exact) mass is 424 g/mol. The molecule has 4 nitrogen and oxygen atoms in total. The van der Waals surface area contributed by atoms with Crippen LogP contribution in [0.1, 0.15) is 47.2 Å². The van der Waals surface area contributed by atoms with E-state index in [0.717, 1.165) is 28.1 Å². The van der Waals surface area contributed by atoms with E-state index < -0.39 is 0 Å². The van der Waals surface area contributed by atoms with E-state index in [1.165, 1.54) is 22.5 Å². The molecule has 1 N–H and O–H groups in total. The summed E-state index contributed by atoms with van der Waals surface area (Å²) in [6.45, 7) is 9.41. The number of pyridine rings is 1. The van der Waals surface area contributed by atoms with Gasteiger partial charge in [-0.25, -0.2) is 0 Å². The average Bonchev–Trinajstić information content (AvgIpc) is 3.19. The number of rotatable bonds is 4. The van der Waals surface area contributed by atoms with Crippen molar-refractivity contribution in [1.29, 1.82) is 0 Å². The Balaban J connectivity index is 1.86. The van der Waals surface area contributed by atoms with Gasteiger partial charge in [-0.15, -0.1) is 0 Å². The highest BCUT2D eigenvalue weighted by Crippen LogP contribution is 2.41. The molecule has 0 radical (unpaired) electrons. The van der Waals surface area contributed by atoms with Crippen LogP contribution in [0.5, 0.6) is 0 Å². The van der Waals surface area contributed by atoms with Gasteiger partial charge in [0.1, 0.15) is 0 Å². The van der Waals surface area contributed by atoms with Gasteiger partial charge < -0.3 is 14.8 Å². The summed E-state index contributed by atoms with van der Waals surface area (Å²) in [5, 5.41) is 5.02. The minimum Gasteiger partial charge on any atom is -0.352 e. The van der Waals surface area contributed by atoms with Crippen LogP contribution < -0.4 is 5.32 Å². The molecule has 2 atom stereocenters. The fourth-order valence-electron chi connectivity index (χ4n) is 4.37. The van der Waals surface area contributed by atoms with Crippen molar-refractivity contribution in [3.8, 4) is 5.69 Å². The van der Waals surface area contributed by atoms with E-state index >= 15 is 0 Å². The number of hydrogen-bond acceptors (Lipinski definition) is 2. The van der Waals surface area contributed by atoms with Crippen LogP contribution in [0.25, 0.3) is 5.69 Å². The van der Waals surface area contributed by atoms with Crippen LogP contribution in [0.4, 0.5) is 0 Å². The molecule has 0 bridgehead atoms. The molecule has 1 fully saturated rings. The summed E-state index contributed by atoms with van der Waals surface area (Å²) in [4.78, 5) is 6.86. The summed E-state index contributed by atoms with van der Waals surface area (Å²) in [6.07, 6.45) is 1.84. The van der Waals surface area contributed by atoms with Gasteiger partial charge in [-0.05, 0) is 81.4 Å². The van der Waals surface area contributed by atoms with Gasteiger partial charge in [-0.2, -0.15) is 0 Å². The fraction of sp³-hybridized carbons (Fsp3) is 0.304. The molecule has 2 aromatic heterocycles. The van der Waals surface area contributed by atoms with E-state index in [-0.39, 0.29) is 12.1 Å². The molecule has 4 rings (SSSR count). The second-order valence-corrected chi connectivity index (χ2v) is 8.33. The first-order valence-electron chi connectivity index (χ1n) is 9.85. The third-order valence-corrected chi connectivity index (χ3v) is 6.33. The second-order valence-electron chi connectivity index (χ2n) is 7.51. The predicted octanol–water partition coefficient (Wildman–Crippen LogP) is 5.44. The van der Waals surface area contributed by atoms with Gasteiger partial charge in [-0.3, -0.25) is 4.98 Å². The number of aromatic nitrogens is 2.